The van der Waals surface area contributed by atoms with Gasteiger partial charge < -0.3 is 14.8 Å². The number of amides is 1. The molecule has 1 atom stereocenters. The van der Waals surface area contributed by atoms with E-state index in [-0.39, 0.29) is 17.9 Å². The second-order valence-electron chi connectivity index (χ2n) is 5.13. The Balaban J connectivity index is 1.86. The number of thiophene rings is 1. The van der Waals surface area contributed by atoms with Gasteiger partial charge in [-0.25, -0.2) is 0 Å². The van der Waals surface area contributed by atoms with Gasteiger partial charge in [-0.15, -0.1) is 0 Å². The number of hydrogen-bond acceptors (Lipinski definition) is 5. The van der Waals surface area contributed by atoms with E-state index < -0.39 is 24.6 Å². The Morgan fingerprint density at radius 2 is 2.00 bits per heavy atom. The fourth-order valence-corrected chi connectivity index (χ4v) is 2.70. The van der Waals surface area contributed by atoms with Crippen molar-refractivity contribution < 1.29 is 27.8 Å². The van der Waals surface area contributed by atoms with Gasteiger partial charge in [0.15, 0.2) is 6.10 Å². The number of halogens is 2. The SMILES string of the molecule is C[C@@H](OC(=O)CCc1ccsc1)C(=O)Nc1ccccc1OC(F)F. The highest BCUT2D eigenvalue weighted by Crippen LogP contribution is 2.25. The van der Waals surface area contributed by atoms with Crippen molar-refractivity contribution in [1.82, 2.24) is 0 Å². The summed E-state index contributed by atoms with van der Waals surface area (Å²) in [5.41, 5.74) is 1.10. The molecule has 134 valence electrons. The molecule has 1 heterocycles. The molecule has 0 aliphatic carbocycles. The Labute approximate surface area is 147 Å². The van der Waals surface area contributed by atoms with Crippen LogP contribution in [0.1, 0.15) is 18.9 Å². The third-order valence-electron chi connectivity index (χ3n) is 3.24. The number of carbonyl (C=O) groups excluding carboxylic acids is 2. The molecule has 5 nitrogen and oxygen atoms in total. The monoisotopic (exact) mass is 369 g/mol. The molecule has 0 aliphatic rings. The summed E-state index contributed by atoms with van der Waals surface area (Å²) in [7, 11) is 0. The highest BCUT2D eigenvalue weighted by Gasteiger charge is 2.20. The first-order chi connectivity index (χ1) is 12.0. The second-order valence-corrected chi connectivity index (χ2v) is 5.91. The number of anilines is 1. The predicted molar refractivity (Wildman–Crippen MR) is 89.9 cm³/mol. The first kappa shape index (κ1) is 18.9. The molecule has 0 spiro atoms. The minimum atomic E-state index is -3.01. The molecule has 0 bridgehead atoms. The van der Waals surface area contributed by atoms with Crippen molar-refractivity contribution in [3.63, 3.8) is 0 Å². The summed E-state index contributed by atoms with van der Waals surface area (Å²) in [6.07, 6.45) is -0.379. The normalized spacial score (nSPS) is 11.8. The molecule has 1 N–H and O–H groups in total. The van der Waals surface area contributed by atoms with Crippen LogP contribution in [0.3, 0.4) is 0 Å². The van der Waals surface area contributed by atoms with Crippen LogP contribution in [-0.4, -0.2) is 24.6 Å². The number of benzene rings is 1. The van der Waals surface area contributed by atoms with E-state index in [1.165, 1.54) is 36.5 Å². The molecule has 1 aromatic carbocycles. The van der Waals surface area contributed by atoms with E-state index in [0.29, 0.717) is 6.42 Å². The summed E-state index contributed by atoms with van der Waals surface area (Å²) >= 11 is 1.54. The zero-order valence-electron chi connectivity index (χ0n) is 13.4. The van der Waals surface area contributed by atoms with Crippen LogP contribution in [0, 0.1) is 0 Å². The molecule has 2 rings (SSSR count). The summed E-state index contributed by atoms with van der Waals surface area (Å²) in [5.74, 6) is -1.30. The smallest absolute Gasteiger partial charge is 0.387 e. The number of ether oxygens (including phenoxy) is 2. The van der Waals surface area contributed by atoms with Crippen molar-refractivity contribution in [3.8, 4) is 5.75 Å². The van der Waals surface area contributed by atoms with Gasteiger partial charge in [0.1, 0.15) is 5.75 Å². The molecule has 0 saturated heterocycles. The first-order valence-corrected chi connectivity index (χ1v) is 8.45. The lowest BCUT2D eigenvalue weighted by Gasteiger charge is -2.15. The van der Waals surface area contributed by atoms with E-state index in [4.69, 9.17) is 4.74 Å². The van der Waals surface area contributed by atoms with Crippen molar-refractivity contribution in [3.05, 3.63) is 46.7 Å². The maximum Gasteiger partial charge on any atom is 0.387 e. The summed E-state index contributed by atoms with van der Waals surface area (Å²) < 4.78 is 34.1. The topological polar surface area (TPSA) is 64.6 Å². The molecule has 2 aromatic rings. The van der Waals surface area contributed by atoms with Gasteiger partial charge in [-0.05, 0) is 47.9 Å². The van der Waals surface area contributed by atoms with Gasteiger partial charge in [-0.3, -0.25) is 9.59 Å². The van der Waals surface area contributed by atoms with Crippen molar-refractivity contribution in [2.24, 2.45) is 0 Å². The van der Waals surface area contributed by atoms with Gasteiger partial charge in [0.05, 0.1) is 5.69 Å². The summed E-state index contributed by atoms with van der Waals surface area (Å²) in [4.78, 5) is 23.9. The van der Waals surface area contributed by atoms with Crippen LogP contribution in [-0.2, 0) is 20.7 Å². The number of para-hydroxylation sites is 2. The number of rotatable bonds is 8. The average molecular weight is 369 g/mol. The fourth-order valence-electron chi connectivity index (χ4n) is 1.99. The second kappa shape index (κ2) is 9.12. The Bertz CT molecular complexity index is 706. The standard InChI is InChI=1S/C17H17F2NO4S/c1-11(23-15(21)7-6-12-8-9-25-10-12)16(22)20-13-4-2-3-5-14(13)24-17(18)19/h2-5,8-11,17H,6-7H2,1H3,(H,20,22)/t11-/m1/s1. The van der Waals surface area contributed by atoms with E-state index in [1.54, 1.807) is 6.07 Å². The minimum absolute atomic E-state index is 0.0778. The largest absolute Gasteiger partial charge is 0.453 e. The highest BCUT2D eigenvalue weighted by atomic mass is 32.1. The number of hydrogen-bond donors (Lipinski definition) is 1. The third kappa shape index (κ3) is 6.15. The molecule has 0 aliphatic heterocycles. The molecule has 0 fully saturated rings. The maximum absolute atomic E-state index is 12.4. The Kier molecular flexibility index (Phi) is 6.88. The molecule has 1 amide bonds. The lowest BCUT2D eigenvalue weighted by Crippen LogP contribution is -2.30. The van der Waals surface area contributed by atoms with Gasteiger partial charge in [0, 0.05) is 6.42 Å². The predicted octanol–water partition coefficient (Wildman–Crippen LogP) is 3.85. The van der Waals surface area contributed by atoms with Crippen LogP contribution in [0.15, 0.2) is 41.1 Å². The summed E-state index contributed by atoms with van der Waals surface area (Å²) in [5, 5.41) is 6.26. The molecular weight excluding hydrogens is 352 g/mol. The lowest BCUT2D eigenvalue weighted by atomic mass is 10.2. The molecular formula is C17H17F2NO4S. The zero-order valence-corrected chi connectivity index (χ0v) is 14.2. The van der Waals surface area contributed by atoms with Crippen LogP contribution in [0.2, 0.25) is 0 Å². The van der Waals surface area contributed by atoms with Gasteiger partial charge in [0.25, 0.3) is 5.91 Å². The Hall–Kier alpha value is -2.48. The molecule has 0 radical (unpaired) electrons. The fraction of sp³-hybridized carbons (Fsp3) is 0.294. The maximum atomic E-state index is 12.4. The average Bonchev–Trinajstić information content (AvgIpc) is 3.07. The van der Waals surface area contributed by atoms with E-state index in [0.717, 1.165) is 5.56 Å². The Morgan fingerprint density at radius 1 is 1.24 bits per heavy atom. The minimum Gasteiger partial charge on any atom is -0.453 e. The van der Waals surface area contributed by atoms with Gasteiger partial charge in [0.2, 0.25) is 0 Å². The van der Waals surface area contributed by atoms with E-state index in [9.17, 15) is 18.4 Å². The van der Waals surface area contributed by atoms with Crippen molar-refractivity contribution in [2.75, 3.05) is 5.32 Å². The van der Waals surface area contributed by atoms with Crippen molar-refractivity contribution in [2.45, 2.75) is 32.5 Å². The van der Waals surface area contributed by atoms with Crippen molar-refractivity contribution in [1.29, 1.82) is 0 Å². The molecule has 25 heavy (non-hydrogen) atoms. The number of carbonyl (C=O) groups is 2. The number of aryl methyl sites for hydroxylation is 1. The van der Waals surface area contributed by atoms with Gasteiger partial charge in [-0.1, -0.05) is 12.1 Å². The number of alkyl halides is 2. The third-order valence-corrected chi connectivity index (χ3v) is 3.97. The highest BCUT2D eigenvalue weighted by molar-refractivity contribution is 7.07. The van der Waals surface area contributed by atoms with Crippen LogP contribution >= 0.6 is 11.3 Å². The van der Waals surface area contributed by atoms with E-state index in [2.05, 4.69) is 10.1 Å². The molecule has 8 heteroatoms. The quantitative estimate of drug-likeness (QED) is 0.718. The number of esters is 1. The Morgan fingerprint density at radius 3 is 2.68 bits per heavy atom. The van der Waals surface area contributed by atoms with E-state index in [1.807, 2.05) is 16.8 Å². The van der Waals surface area contributed by atoms with E-state index >= 15 is 0 Å². The molecule has 0 saturated carbocycles. The van der Waals surface area contributed by atoms with Crippen molar-refractivity contribution >= 4 is 28.9 Å². The van der Waals surface area contributed by atoms with Crippen LogP contribution < -0.4 is 10.1 Å². The van der Waals surface area contributed by atoms with Crippen LogP contribution in [0.5, 0.6) is 5.75 Å². The first-order valence-electron chi connectivity index (χ1n) is 7.51. The van der Waals surface area contributed by atoms with Gasteiger partial charge in [-0.2, -0.15) is 20.1 Å². The molecule has 1 aromatic heterocycles. The number of nitrogens with one attached hydrogen (secondary N) is 1. The van der Waals surface area contributed by atoms with Gasteiger partial charge >= 0.3 is 12.6 Å². The lowest BCUT2D eigenvalue weighted by molar-refractivity contribution is -0.153. The summed E-state index contributed by atoms with van der Waals surface area (Å²) in [6, 6.07) is 7.70. The zero-order chi connectivity index (χ0) is 18.2. The van der Waals surface area contributed by atoms with Crippen LogP contribution in [0.4, 0.5) is 14.5 Å². The summed E-state index contributed by atoms with van der Waals surface area (Å²) in [6.45, 7) is -1.60. The molecule has 0 unspecified atom stereocenters. The van der Waals surface area contributed by atoms with Crippen LogP contribution in [0.25, 0.3) is 0 Å².